The number of aryl methyl sites for hydroxylation is 1. The van der Waals surface area contributed by atoms with Gasteiger partial charge in [0.1, 0.15) is 0 Å². The highest BCUT2D eigenvalue weighted by Gasteiger charge is 2.01. The van der Waals surface area contributed by atoms with Crippen LogP contribution >= 0.6 is 0 Å². The molecule has 0 saturated carbocycles. The van der Waals surface area contributed by atoms with Crippen LogP contribution in [-0.4, -0.2) is 0 Å². The molecule has 14 heavy (non-hydrogen) atoms. The van der Waals surface area contributed by atoms with E-state index in [0.717, 1.165) is 0 Å². The Morgan fingerprint density at radius 1 is 0.857 bits per heavy atom. The molecular formula is C12H12FN. The third-order valence-electron chi connectivity index (χ3n) is 2.05. The van der Waals surface area contributed by atoms with Gasteiger partial charge in [0.15, 0.2) is 12.4 Å². The molecule has 0 aliphatic carbocycles. The van der Waals surface area contributed by atoms with Crippen molar-refractivity contribution in [3.8, 4) is 5.69 Å². The number of nitrogens with zero attached hydrogens (tertiary/aromatic N) is 1. The Kier molecular flexibility index (Phi) is 3.35. The summed E-state index contributed by atoms with van der Waals surface area (Å²) in [7, 11) is 0. The second-order valence-corrected chi connectivity index (χ2v) is 3.12. The molecule has 0 aliphatic heterocycles. The second kappa shape index (κ2) is 4.51. The number of rotatable bonds is 1. The minimum absolute atomic E-state index is 0. The number of benzene rings is 1. The number of hydrogen-bond acceptors (Lipinski definition) is 0. The van der Waals surface area contributed by atoms with E-state index in [1.165, 1.54) is 11.3 Å². The van der Waals surface area contributed by atoms with Crippen LogP contribution in [0.3, 0.4) is 0 Å². The quantitative estimate of drug-likeness (QED) is 0.521. The fourth-order valence-corrected chi connectivity index (χ4v) is 1.27. The van der Waals surface area contributed by atoms with Gasteiger partial charge in [0.05, 0.1) is 0 Å². The number of halogens is 1. The lowest BCUT2D eigenvalue weighted by Crippen LogP contribution is -3.00. The van der Waals surface area contributed by atoms with Gasteiger partial charge in [0.25, 0.3) is 0 Å². The Morgan fingerprint density at radius 3 is 2.00 bits per heavy atom. The molecule has 0 unspecified atom stereocenters. The standard InChI is InChI=1S/C12H12N.FH/c1-11-7-9-13(10-8-11)12-5-3-2-4-6-12;/h2-10H,1H3;1H/q+1;/p-1. The van der Waals surface area contributed by atoms with Crippen LogP contribution in [0.25, 0.3) is 5.69 Å². The summed E-state index contributed by atoms with van der Waals surface area (Å²) in [5.74, 6) is 0. The van der Waals surface area contributed by atoms with Gasteiger partial charge in [-0.15, -0.1) is 0 Å². The van der Waals surface area contributed by atoms with E-state index < -0.39 is 0 Å². The lowest BCUT2D eigenvalue weighted by atomic mass is 10.3. The summed E-state index contributed by atoms with van der Waals surface area (Å²) in [6, 6.07) is 14.5. The highest BCUT2D eigenvalue weighted by atomic mass is 19.0. The minimum atomic E-state index is 0. The highest BCUT2D eigenvalue weighted by molar-refractivity contribution is 5.21. The molecular weight excluding hydrogens is 177 g/mol. The van der Waals surface area contributed by atoms with Crippen molar-refractivity contribution in [2.45, 2.75) is 6.92 Å². The summed E-state index contributed by atoms with van der Waals surface area (Å²) >= 11 is 0. The minimum Gasteiger partial charge on any atom is -1.00 e. The molecule has 2 heteroatoms. The molecule has 0 atom stereocenters. The Hall–Kier alpha value is -1.70. The van der Waals surface area contributed by atoms with E-state index in [1.807, 2.05) is 18.2 Å². The smallest absolute Gasteiger partial charge is 0.210 e. The van der Waals surface area contributed by atoms with Crippen molar-refractivity contribution in [2.24, 2.45) is 0 Å². The molecule has 0 fully saturated rings. The van der Waals surface area contributed by atoms with E-state index >= 15 is 0 Å². The van der Waals surface area contributed by atoms with Gasteiger partial charge in [0.2, 0.25) is 5.69 Å². The maximum absolute atomic E-state index is 2.10. The average molecular weight is 189 g/mol. The van der Waals surface area contributed by atoms with Gasteiger partial charge in [-0.25, -0.2) is 0 Å². The van der Waals surface area contributed by atoms with Crippen molar-refractivity contribution in [1.82, 2.24) is 0 Å². The van der Waals surface area contributed by atoms with Crippen LogP contribution in [0.5, 0.6) is 0 Å². The van der Waals surface area contributed by atoms with Crippen LogP contribution in [0, 0.1) is 6.92 Å². The molecule has 72 valence electrons. The molecule has 0 N–H and O–H groups in total. The van der Waals surface area contributed by atoms with Gasteiger partial charge < -0.3 is 4.70 Å². The summed E-state index contributed by atoms with van der Waals surface area (Å²) in [5.41, 5.74) is 2.48. The second-order valence-electron chi connectivity index (χ2n) is 3.12. The SMILES string of the molecule is Cc1cc[n+](-c2ccccc2)cc1.[F-]. The lowest BCUT2D eigenvalue weighted by molar-refractivity contribution is -0.595. The van der Waals surface area contributed by atoms with E-state index in [4.69, 9.17) is 0 Å². The van der Waals surface area contributed by atoms with E-state index in [-0.39, 0.29) is 4.70 Å². The van der Waals surface area contributed by atoms with Gasteiger partial charge in [-0.2, -0.15) is 4.57 Å². The largest absolute Gasteiger partial charge is 1.00 e. The van der Waals surface area contributed by atoms with Crippen LogP contribution < -0.4 is 9.27 Å². The molecule has 0 saturated heterocycles. The summed E-state index contributed by atoms with van der Waals surface area (Å²) < 4.78 is 2.10. The predicted molar refractivity (Wildman–Crippen MR) is 52.7 cm³/mol. The third kappa shape index (κ3) is 2.16. The third-order valence-corrected chi connectivity index (χ3v) is 2.05. The molecule has 2 rings (SSSR count). The molecule has 0 amide bonds. The van der Waals surface area contributed by atoms with Crippen LogP contribution in [-0.2, 0) is 0 Å². The van der Waals surface area contributed by atoms with Crippen molar-refractivity contribution in [3.05, 3.63) is 60.4 Å². The lowest BCUT2D eigenvalue weighted by Gasteiger charge is -1.94. The first-order valence-corrected chi connectivity index (χ1v) is 4.39. The Labute approximate surface area is 83.0 Å². The highest BCUT2D eigenvalue weighted by Crippen LogP contribution is 1.98. The number of hydrogen-bond donors (Lipinski definition) is 0. The van der Waals surface area contributed by atoms with Crippen molar-refractivity contribution < 1.29 is 9.27 Å². The van der Waals surface area contributed by atoms with Gasteiger partial charge in [-0.1, -0.05) is 18.2 Å². The van der Waals surface area contributed by atoms with E-state index in [0.29, 0.717) is 0 Å². The average Bonchev–Trinajstić information content (AvgIpc) is 2.20. The summed E-state index contributed by atoms with van der Waals surface area (Å²) in [4.78, 5) is 0. The molecule has 1 aromatic carbocycles. The van der Waals surface area contributed by atoms with Gasteiger partial charge >= 0.3 is 0 Å². The Morgan fingerprint density at radius 2 is 1.43 bits per heavy atom. The first-order valence-electron chi connectivity index (χ1n) is 4.39. The van der Waals surface area contributed by atoms with E-state index in [2.05, 4.69) is 48.1 Å². The summed E-state index contributed by atoms with van der Waals surface area (Å²) in [6.45, 7) is 2.09. The molecule has 0 bridgehead atoms. The maximum Gasteiger partial charge on any atom is 0.210 e. The number of aromatic nitrogens is 1. The Balaban J connectivity index is 0.000000980. The molecule has 0 radical (unpaired) electrons. The van der Waals surface area contributed by atoms with Crippen molar-refractivity contribution in [1.29, 1.82) is 0 Å². The van der Waals surface area contributed by atoms with Crippen LogP contribution in [0.4, 0.5) is 0 Å². The number of para-hydroxylation sites is 1. The topological polar surface area (TPSA) is 3.88 Å². The molecule has 1 aromatic heterocycles. The van der Waals surface area contributed by atoms with Gasteiger partial charge in [-0.05, 0) is 12.5 Å². The molecule has 1 heterocycles. The first kappa shape index (κ1) is 10.4. The Bertz CT molecular complexity index is 381. The monoisotopic (exact) mass is 189 g/mol. The van der Waals surface area contributed by atoms with Gasteiger partial charge in [-0.3, -0.25) is 0 Å². The molecule has 2 aromatic rings. The zero-order valence-electron chi connectivity index (χ0n) is 8.02. The summed E-state index contributed by atoms with van der Waals surface area (Å²) in [5, 5.41) is 0. The summed E-state index contributed by atoms with van der Waals surface area (Å²) in [6.07, 6.45) is 4.15. The van der Waals surface area contributed by atoms with E-state index in [9.17, 15) is 0 Å². The normalized spacial score (nSPS) is 9.21. The van der Waals surface area contributed by atoms with Crippen molar-refractivity contribution in [3.63, 3.8) is 0 Å². The zero-order valence-corrected chi connectivity index (χ0v) is 8.02. The maximum atomic E-state index is 2.10. The van der Waals surface area contributed by atoms with Gasteiger partial charge in [0, 0.05) is 24.3 Å². The zero-order chi connectivity index (χ0) is 9.10. The van der Waals surface area contributed by atoms with Crippen LogP contribution in [0.1, 0.15) is 5.56 Å². The van der Waals surface area contributed by atoms with Crippen LogP contribution in [0.15, 0.2) is 54.9 Å². The fourth-order valence-electron chi connectivity index (χ4n) is 1.27. The molecule has 1 nitrogen and oxygen atoms in total. The van der Waals surface area contributed by atoms with E-state index in [1.54, 1.807) is 0 Å². The first-order chi connectivity index (χ1) is 6.36. The van der Waals surface area contributed by atoms with Crippen molar-refractivity contribution in [2.75, 3.05) is 0 Å². The molecule has 0 spiro atoms. The van der Waals surface area contributed by atoms with Crippen molar-refractivity contribution >= 4 is 0 Å². The molecule has 0 aliphatic rings. The fraction of sp³-hybridized carbons (Fsp3) is 0.0833. The van der Waals surface area contributed by atoms with Crippen LogP contribution in [0.2, 0.25) is 0 Å². The predicted octanol–water partition coefficient (Wildman–Crippen LogP) is -0.724. The number of pyridine rings is 1.